The summed E-state index contributed by atoms with van der Waals surface area (Å²) in [7, 11) is -3.99. The number of aromatic nitrogens is 1. The fraction of sp³-hybridized carbons (Fsp3) is 0.185. The lowest BCUT2D eigenvalue weighted by atomic mass is 10.1. The molecule has 1 saturated heterocycles. The molecule has 13 nitrogen and oxygen atoms in total. The molecular weight excluding hydrogens is 584 g/mol. The first-order valence-corrected chi connectivity index (χ1v) is 15.2. The van der Waals surface area contributed by atoms with Crippen molar-refractivity contribution < 1.29 is 23.1 Å². The fourth-order valence-electron chi connectivity index (χ4n) is 4.61. The van der Waals surface area contributed by atoms with Crippen LogP contribution in [0.5, 0.6) is 0 Å². The SMILES string of the molecule is O=C(Nc1ccc(S(=O)(=O)Nc2nc(-c3ccccc3)cs2)cc1)c1cc([N+](=O)[O-])c(N2CCCCC2)c([N+](=O)[O-])c1. The predicted octanol–water partition coefficient (Wildman–Crippen LogP) is 5.67. The van der Waals surface area contributed by atoms with Gasteiger partial charge < -0.3 is 10.2 Å². The Morgan fingerprint density at radius 2 is 1.52 bits per heavy atom. The van der Waals surface area contributed by atoms with Crippen LogP contribution in [0.2, 0.25) is 0 Å². The monoisotopic (exact) mass is 608 g/mol. The van der Waals surface area contributed by atoms with Crippen molar-refractivity contribution >= 4 is 55.1 Å². The van der Waals surface area contributed by atoms with Gasteiger partial charge in [-0.25, -0.2) is 13.4 Å². The number of sulfonamides is 1. The van der Waals surface area contributed by atoms with Gasteiger partial charge in [-0.05, 0) is 43.5 Å². The highest BCUT2D eigenvalue weighted by Crippen LogP contribution is 2.40. The molecule has 1 amide bonds. The van der Waals surface area contributed by atoms with Gasteiger partial charge in [-0.3, -0.25) is 29.7 Å². The second-order valence-corrected chi connectivity index (χ2v) is 12.0. The van der Waals surface area contributed by atoms with Crippen LogP contribution in [0.4, 0.5) is 27.9 Å². The van der Waals surface area contributed by atoms with Crippen molar-refractivity contribution in [3.63, 3.8) is 0 Å². The molecule has 1 fully saturated rings. The highest BCUT2D eigenvalue weighted by atomic mass is 32.2. The smallest absolute Gasteiger partial charge is 0.300 e. The molecule has 0 unspecified atom stereocenters. The van der Waals surface area contributed by atoms with Crippen molar-refractivity contribution in [2.24, 2.45) is 0 Å². The van der Waals surface area contributed by atoms with Crippen LogP contribution in [0.1, 0.15) is 29.6 Å². The van der Waals surface area contributed by atoms with Gasteiger partial charge in [-0.2, -0.15) is 0 Å². The Bertz CT molecular complexity index is 1720. The van der Waals surface area contributed by atoms with E-state index in [0.29, 0.717) is 18.8 Å². The summed E-state index contributed by atoms with van der Waals surface area (Å²) in [5.41, 5.74) is 0.217. The van der Waals surface area contributed by atoms with E-state index in [1.807, 2.05) is 30.3 Å². The average molecular weight is 609 g/mol. The van der Waals surface area contributed by atoms with E-state index >= 15 is 0 Å². The number of hydrogen-bond acceptors (Lipinski definition) is 10. The maximum absolute atomic E-state index is 13.0. The van der Waals surface area contributed by atoms with Crippen molar-refractivity contribution in [2.45, 2.75) is 24.2 Å². The zero-order chi connectivity index (χ0) is 29.9. The van der Waals surface area contributed by atoms with Crippen LogP contribution in [0.3, 0.4) is 0 Å². The minimum Gasteiger partial charge on any atom is -0.360 e. The summed E-state index contributed by atoms with van der Waals surface area (Å²) in [6.07, 6.45) is 2.42. The lowest BCUT2D eigenvalue weighted by Crippen LogP contribution is -2.30. The minimum atomic E-state index is -3.99. The summed E-state index contributed by atoms with van der Waals surface area (Å²) in [4.78, 5) is 41.1. The highest BCUT2D eigenvalue weighted by molar-refractivity contribution is 7.93. The lowest BCUT2D eigenvalue weighted by molar-refractivity contribution is -0.392. The number of hydrogen-bond donors (Lipinski definition) is 2. The van der Waals surface area contributed by atoms with Crippen LogP contribution < -0.4 is 14.9 Å². The third-order valence-electron chi connectivity index (χ3n) is 6.62. The molecule has 1 aliphatic heterocycles. The van der Waals surface area contributed by atoms with Gasteiger partial charge in [-0.1, -0.05) is 30.3 Å². The van der Waals surface area contributed by atoms with Gasteiger partial charge in [-0.15, -0.1) is 11.3 Å². The van der Waals surface area contributed by atoms with Gasteiger partial charge in [0.1, 0.15) is 0 Å². The number of nitro benzene ring substituents is 2. The number of nitrogens with zero attached hydrogens (tertiary/aromatic N) is 4. The van der Waals surface area contributed by atoms with Gasteiger partial charge in [0.25, 0.3) is 27.3 Å². The largest absolute Gasteiger partial charge is 0.360 e. The quantitative estimate of drug-likeness (QED) is 0.179. The first-order valence-electron chi connectivity index (χ1n) is 12.8. The molecule has 0 radical (unpaired) electrons. The summed E-state index contributed by atoms with van der Waals surface area (Å²) in [5, 5.41) is 28.2. The molecule has 0 spiro atoms. The maximum Gasteiger partial charge on any atom is 0.300 e. The second kappa shape index (κ2) is 11.9. The number of carbonyl (C=O) groups is 1. The first kappa shape index (κ1) is 28.6. The average Bonchev–Trinajstić information content (AvgIpc) is 3.45. The molecular formula is C27H24N6O7S2. The zero-order valence-electron chi connectivity index (χ0n) is 21.9. The summed E-state index contributed by atoms with van der Waals surface area (Å²) in [6.45, 7) is 0.877. The summed E-state index contributed by atoms with van der Waals surface area (Å²) in [5.74, 6) is -0.823. The molecule has 42 heavy (non-hydrogen) atoms. The number of amides is 1. The van der Waals surface area contributed by atoms with E-state index in [4.69, 9.17) is 0 Å². The Labute approximate surface area is 244 Å². The van der Waals surface area contributed by atoms with Gasteiger partial charge in [0.2, 0.25) is 0 Å². The summed E-state index contributed by atoms with van der Waals surface area (Å²) < 4.78 is 28.2. The van der Waals surface area contributed by atoms with Crippen molar-refractivity contribution in [1.29, 1.82) is 0 Å². The Balaban J connectivity index is 1.33. The van der Waals surface area contributed by atoms with Crippen molar-refractivity contribution in [1.82, 2.24) is 4.98 Å². The number of rotatable bonds is 9. The molecule has 5 rings (SSSR count). The van der Waals surface area contributed by atoms with Crippen LogP contribution in [0, 0.1) is 20.2 Å². The second-order valence-electron chi connectivity index (χ2n) is 9.41. The molecule has 216 valence electrons. The Kier molecular flexibility index (Phi) is 8.13. The van der Waals surface area contributed by atoms with Crippen LogP contribution in [-0.4, -0.2) is 42.2 Å². The van der Waals surface area contributed by atoms with E-state index < -0.39 is 37.2 Å². The Hall–Kier alpha value is -4.89. The number of nitro groups is 2. The molecule has 2 N–H and O–H groups in total. The van der Waals surface area contributed by atoms with E-state index in [2.05, 4.69) is 15.0 Å². The maximum atomic E-state index is 13.0. The molecule has 0 bridgehead atoms. The molecule has 0 saturated carbocycles. The lowest BCUT2D eigenvalue weighted by Gasteiger charge is -2.28. The molecule has 3 aromatic carbocycles. The molecule has 4 aromatic rings. The van der Waals surface area contributed by atoms with Crippen LogP contribution in [0.25, 0.3) is 11.3 Å². The van der Waals surface area contributed by atoms with Gasteiger partial charge in [0.15, 0.2) is 10.8 Å². The van der Waals surface area contributed by atoms with Gasteiger partial charge in [0, 0.05) is 41.9 Å². The van der Waals surface area contributed by atoms with Crippen LogP contribution in [-0.2, 0) is 10.0 Å². The fourth-order valence-corrected chi connectivity index (χ4v) is 6.58. The van der Waals surface area contributed by atoms with E-state index in [9.17, 15) is 33.4 Å². The highest BCUT2D eigenvalue weighted by Gasteiger charge is 2.33. The zero-order valence-corrected chi connectivity index (χ0v) is 23.6. The minimum absolute atomic E-state index is 0.0888. The summed E-state index contributed by atoms with van der Waals surface area (Å²) in [6, 6.07) is 16.6. The summed E-state index contributed by atoms with van der Waals surface area (Å²) >= 11 is 1.13. The van der Waals surface area contributed by atoms with Crippen LogP contribution in [0.15, 0.2) is 77.0 Å². The number of thiazole rings is 1. The van der Waals surface area contributed by atoms with E-state index in [-0.39, 0.29) is 27.0 Å². The van der Waals surface area contributed by atoms with Gasteiger partial charge in [0.05, 0.1) is 26.0 Å². The molecule has 1 aromatic heterocycles. The van der Waals surface area contributed by atoms with Gasteiger partial charge >= 0.3 is 0 Å². The predicted molar refractivity (Wildman–Crippen MR) is 159 cm³/mol. The number of piperidine rings is 1. The third kappa shape index (κ3) is 6.21. The number of anilines is 3. The topological polar surface area (TPSA) is 178 Å². The van der Waals surface area contributed by atoms with Crippen molar-refractivity contribution in [3.05, 3.63) is 97.9 Å². The van der Waals surface area contributed by atoms with E-state index in [1.165, 1.54) is 24.3 Å². The van der Waals surface area contributed by atoms with E-state index in [1.54, 1.807) is 10.3 Å². The van der Waals surface area contributed by atoms with E-state index in [0.717, 1.165) is 48.3 Å². The number of nitrogens with one attached hydrogen (secondary N) is 2. The number of benzene rings is 3. The van der Waals surface area contributed by atoms with Crippen molar-refractivity contribution in [2.75, 3.05) is 28.0 Å². The Morgan fingerprint density at radius 3 is 2.12 bits per heavy atom. The van der Waals surface area contributed by atoms with Crippen molar-refractivity contribution in [3.8, 4) is 11.3 Å². The number of carbonyl (C=O) groups excluding carboxylic acids is 1. The standard InChI is InChI=1S/C27H24N6O7S2/c34-26(19-15-23(32(35)36)25(24(16-19)33(37)38)31-13-5-2-6-14-31)28-20-9-11-21(12-10-20)42(39,40)30-27-29-22(17-41-27)18-7-3-1-4-8-18/h1,3-4,7-12,15-17H,2,5-6,13-14H2,(H,28,34)(H,29,30). The molecule has 15 heteroatoms. The first-order chi connectivity index (χ1) is 20.1. The molecule has 0 aliphatic carbocycles. The normalized spacial score (nSPS) is 13.4. The molecule has 2 heterocycles. The molecule has 1 aliphatic rings. The Morgan fingerprint density at radius 1 is 0.905 bits per heavy atom. The molecule has 0 atom stereocenters. The van der Waals surface area contributed by atoms with Crippen LogP contribution >= 0.6 is 11.3 Å². The third-order valence-corrected chi connectivity index (χ3v) is 8.86.